The Bertz CT molecular complexity index is 628. The molecule has 1 unspecified atom stereocenters. The molecular weight excluding hydrogens is 325 g/mol. The van der Waals surface area contributed by atoms with Crippen LogP contribution in [-0.4, -0.2) is 41.7 Å². The van der Waals surface area contributed by atoms with Crippen molar-refractivity contribution in [1.29, 1.82) is 0 Å². The van der Waals surface area contributed by atoms with Crippen LogP contribution in [-0.2, 0) is 22.3 Å². The maximum Gasteiger partial charge on any atom is 0.421 e. The van der Waals surface area contributed by atoms with Crippen LogP contribution >= 0.6 is 0 Å². The fourth-order valence-corrected chi connectivity index (χ4v) is 3.00. The van der Waals surface area contributed by atoms with E-state index in [1.165, 1.54) is 6.20 Å². The molecular formula is C16H21F3N2O3. The number of hydrogen-bond acceptors (Lipinski definition) is 3. The summed E-state index contributed by atoms with van der Waals surface area (Å²) in [5, 5.41) is 0. The minimum atomic E-state index is -4.73. The molecule has 8 heteroatoms. The summed E-state index contributed by atoms with van der Waals surface area (Å²) < 4.78 is 44.3. The van der Waals surface area contributed by atoms with E-state index in [0.29, 0.717) is 19.6 Å². The number of carbonyl (C=O) groups excluding carboxylic acids is 1. The smallest absolute Gasteiger partial charge is 0.385 e. The van der Waals surface area contributed by atoms with Crippen LogP contribution in [0.4, 0.5) is 13.2 Å². The molecule has 0 aromatic carbocycles. The highest BCUT2D eigenvalue weighted by molar-refractivity contribution is 5.76. The van der Waals surface area contributed by atoms with Crippen LogP contribution in [0.3, 0.4) is 0 Å². The monoisotopic (exact) mass is 346 g/mol. The third-order valence-corrected chi connectivity index (χ3v) is 4.23. The third kappa shape index (κ3) is 4.37. The van der Waals surface area contributed by atoms with E-state index in [0.717, 1.165) is 36.0 Å². The maximum atomic E-state index is 12.8. The SMILES string of the molecule is COCCC1CCCCN1C(=O)Cn1cccc(C(F)(F)F)c1=O. The minimum absolute atomic E-state index is 0.00713. The zero-order chi connectivity index (χ0) is 17.7. The lowest BCUT2D eigenvalue weighted by Gasteiger charge is -2.36. The molecule has 2 heterocycles. The zero-order valence-corrected chi connectivity index (χ0v) is 13.5. The van der Waals surface area contributed by atoms with Crippen LogP contribution in [0.15, 0.2) is 23.1 Å². The molecule has 134 valence electrons. The van der Waals surface area contributed by atoms with Gasteiger partial charge in [0.2, 0.25) is 5.91 Å². The Balaban J connectivity index is 2.15. The van der Waals surface area contributed by atoms with E-state index < -0.39 is 17.3 Å². The molecule has 1 aromatic heterocycles. The topological polar surface area (TPSA) is 51.5 Å². The number of pyridine rings is 1. The number of carbonyl (C=O) groups is 1. The lowest BCUT2D eigenvalue weighted by Crippen LogP contribution is -2.46. The predicted octanol–water partition coefficient (Wildman–Crippen LogP) is 2.28. The summed E-state index contributed by atoms with van der Waals surface area (Å²) in [4.78, 5) is 26.1. The predicted molar refractivity (Wildman–Crippen MR) is 81.5 cm³/mol. The van der Waals surface area contributed by atoms with Gasteiger partial charge in [-0.2, -0.15) is 13.2 Å². The van der Waals surface area contributed by atoms with Crippen LogP contribution < -0.4 is 5.56 Å². The number of rotatable bonds is 5. The average molecular weight is 346 g/mol. The molecule has 1 fully saturated rings. The van der Waals surface area contributed by atoms with Crippen LogP contribution in [0.2, 0.25) is 0 Å². The van der Waals surface area contributed by atoms with Crippen molar-refractivity contribution in [3.8, 4) is 0 Å². The summed E-state index contributed by atoms with van der Waals surface area (Å²) in [5.74, 6) is -0.336. The van der Waals surface area contributed by atoms with E-state index in [-0.39, 0.29) is 18.5 Å². The van der Waals surface area contributed by atoms with Gasteiger partial charge in [-0.15, -0.1) is 0 Å². The van der Waals surface area contributed by atoms with Gasteiger partial charge in [0, 0.05) is 32.5 Å². The van der Waals surface area contributed by atoms with Gasteiger partial charge in [-0.05, 0) is 37.8 Å². The highest BCUT2D eigenvalue weighted by Gasteiger charge is 2.34. The number of nitrogens with zero attached hydrogens (tertiary/aromatic N) is 2. The van der Waals surface area contributed by atoms with E-state index in [1.807, 2.05) is 0 Å². The molecule has 0 N–H and O–H groups in total. The highest BCUT2D eigenvalue weighted by atomic mass is 19.4. The molecule has 0 bridgehead atoms. The Morgan fingerprint density at radius 3 is 2.79 bits per heavy atom. The molecule has 0 aliphatic carbocycles. The van der Waals surface area contributed by atoms with Crippen LogP contribution in [0.5, 0.6) is 0 Å². The summed E-state index contributed by atoms with van der Waals surface area (Å²) in [6.45, 7) is 0.686. The second-order valence-corrected chi connectivity index (χ2v) is 5.87. The normalized spacial score (nSPS) is 18.7. The summed E-state index contributed by atoms with van der Waals surface area (Å²) in [6.07, 6.45) is -0.139. The Kier molecular flexibility index (Phi) is 6.04. The van der Waals surface area contributed by atoms with Crippen molar-refractivity contribution in [2.75, 3.05) is 20.3 Å². The molecule has 1 aliphatic heterocycles. The number of methoxy groups -OCH3 is 1. The molecule has 1 saturated heterocycles. The lowest BCUT2D eigenvalue weighted by atomic mass is 9.99. The number of halogens is 3. The number of alkyl halides is 3. The fourth-order valence-electron chi connectivity index (χ4n) is 3.00. The van der Waals surface area contributed by atoms with Crippen LogP contribution in [0.25, 0.3) is 0 Å². The molecule has 24 heavy (non-hydrogen) atoms. The first-order valence-electron chi connectivity index (χ1n) is 7.89. The van der Waals surface area contributed by atoms with Gasteiger partial charge in [0.15, 0.2) is 0 Å². The lowest BCUT2D eigenvalue weighted by molar-refractivity contribution is -0.140. The van der Waals surface area contributed by atoms with E-state index in [9.17, 15) is 22.8 Å². The number of amides is 1. The van der Waals surface area contributed by atoms with Gasteiger partial charge in [0.05, 0.1) is 0 Å². The summed E-state index contributed by atoms with van der Waals surface area (Å²) in [6, 6.07) is 1.87. The highest BCUT2D eigenvalue weighted by Crippen LogP contribution is 2.26. The number of aromatic nitrogens is 1. The second-order valence-electron chi connectivity index (χ2n) is 5.87. The Morgan fingerprint density at radius 2 is 2.12 bits per heavy atom. The van der Waals surface area contributed by atoms with Crippen molar-refractivity contribution in [2.24, 2.45) is 0 Å². The molecule has 0 saturated carbocycles. The zero-order valence-electron chi connectivity index (χ0n) is 13.5. The summed E-state index contributed by atoms with van der Waals surface area (Å²) >= 11 is 0. The Labute approximate surface area is 138 Å². The van der Waals surface area contributed by atoms with E-state index >= 15 is 0 Å². The molecule has 1 atom stereocenters. The number of hydrogen-bond donors (Lipinski definition) is 0. The maximum absolute atomic E-state index is 12.8. The van der Waals surface area contributed by atoms with E-state index in [2.05, 4.69) is 0 Å². The van der Waals surface area contributed by atoms with Gasteiger partial charge in [-0.1, -0.05) is 0 Å². The number of piperidine rings is 1. The first-order valence-corrected chi connectivity index (χ1v) is 7.89. The van der Waals surface area contributed by atoms with Gasteiger partial charge in [0.1, 0.15) is 12.1 Å². The van der Waals surface area contributed by atoms with Crippen molar-refractivity contribution in [1.82, 2.24) is 9.47 Å². The first-order chi connectivity index (χ1) is 11.3. The van der Waals surface area contributed by atoms with Crippen LogP contribution in [0, 0.1) is 0 Å². The van der Waals surface area contributed by atoms with Gasteiger partial charge in [0.25, 0.3) is 5.56 Å². The van der Waals surface area contributed by atoms with Crippen molar-refractivity contribution >= 4 is 5.91 Å². The van der Waals surface area contributed by atoms with Gasteiger partial charge in [-0.3, -0.25) is 9.59 Å². The standard InChI is InChI=1S/C16H21F3N2O3/c1-24-10-7-12-5-2-3-9-21(12)14(22)11-20-8-4-6-13(15(20)23)16(17,18)19/h4,6,8,12H,2-3,5,7,9-11H2,1H3. The molecule has 0 radical (unpaired) electrons. The molecule has 2 rings (SSSR count). The van der Waals surface area contributed by atoms with Gasteiger partial charge < -0.3 is 14.2 Å². The Hall–Kier alpha value is -1.83. The minimum Gasteiger partial charge on any atom is -0.385 e. The van der Waals surface area contributed by atoms with E-state index in [4.69, 9.17) is 4.74 Å². The van der Waals surface area contributed by atoms with Crippen molar-refractivity contribution in [3.63, 3.8) is 0 Å². The third-order valence-electron chi connectivity index (χ3n) is 4.23. The van der Waals surface area contributed by atoms with E-state index in [1.54, 1.807) is 12.0 Å². The second kappa shape index (κ2) is 7.83. The fraction of sp³-hybridized carbons (Fsp3) is 0.625. The summed E-state index contributed by atoms with van der Waals surface area (Å²) in [5.41, 5.74) is -2.45. The number of likely N-dealkylation sites (tertiary alicyclic amines) is 1. The molecule has 1 aromatic rings. The van der Waals surface area contributed by atoms with Gasteiger partial charge >= 0.3 is 6.18 Å². The molecule has 0 spiro atoms. The molecule has 1 aliphatic rings. The quantitative estimate of drug-likeness (QED) is 0.822. The largest absolute Gasteiger partial charge is 0.421 e. The van der Waals surface area contributed by atoms with Gasteiger partial charge in [-0.25, -0.2) is 0 Å². The van der Waals surface area contributed by atoms with Crippen LogP contribution in [0.1, 0.15) is 31.2 Å². The van der Waals surface area contributed by atoms with Crippen molar-refractivity contribution in [3.05, 3.63) is 34.2 Å². The summed E-state index contributed by atoms with van der Waals surface area (Å²) in [7, 11) is 1.58. The average Bonchev–Trinajstić information content (AvgIpc) is 2.54. The Morgan fingerprint density at radius 1 is 1.38 bits per heavy atom. The van der Waals surface area contributed by atoms with Crippen molar-refractivity contribution in [2.45, 2.75) is 44.4 Å². The molecule has 1 amide bonds. The first kappa shape index (κ1) is 18.5. The number of ether oxygens (including phenoxy) is 1. The molecule has 5 nitrogen and oxygen atoms in total. The van der Waals surface area contributed by atoms with Crippen molar-refractivity contribution < 1.29 is 22.7 Å².